The van der Waals surface area contributed by atoms with Crippen molar-refractivity contribution in [3.8, 4) is 0 Å². The molecule has 0 aromatic rings. The Balaban J connectivity index is 1.95. The minimum atomic E-state index is -0.386. The maximum Gasteiger partial charge on any atom is 0.171 e. The van der Waals surface area contributed by atoms with E-state index in [2.05, 4.69) is 0 Å². The topological polar surface area (TPSA) is 53.7 Å². The van der Waals surface area contributed by atoms with E-state index >= 15 is 0 Å². The molecule has 2 aliphatic rings. The molecule has 4 nitrogen and oxygen atoms in total. The summed E-state index contributed by atoms with van der Waals surface area (Å²) in [5.74, 6) is -0.386. The summed E-state index contributed by atoms with van der Waals surface area (Å²) in [5.41, 5.74) is 5.55. The van der Waals surface area contributed by atoms with Crippen LogP contribution in [-0.2, 0) is 14.2 Å². The first-order valence-electron chi connectivity index (χ1n) is 5.32. The molecule has 2 N–H and O–H groups in total. The summed E-state index contributed by atoms with van der Waals surface area (Å²) in [6, 6.07) is 0. The minimum Gasteiger partial charge on any atom is -0.381 e. The summed E-state index contributed by atoms with van der Waals surface area (Å²) in [5, 5.41) is 0. The van der Waals surface area contributed by atoms with E-state index < -0.39 is 0 Å². The van der Waals surface area contributed by atoms with Gasteiger partial charge in [-0.2, -0.15) is 0 Å². The molecule has 3 atom stereocenters. The SMILES string of the molecule is COC1CCCC2(C1)OCC(CN)O2. The average molecular weight is 201 g/mol. The number of ether oxygens (including phenoxy) is 3. The van der Waals surface area contributed by atoms with Crippen molar-refractivity contribution in [3.05, 3.63) is 0 Å². The fourth-order valence-corrected chi connectivity index (χ4v) is 2.32. The number of nitrogens with two attached hydrogens (primary N) is 1. The maximum absolute atomic E-state index is 5.84. The average Bonchev–Trinajstić information content (AvgIpc) is 2.61. The first-order valence-corrected chi connectivity index (χ1v) is 5.32. The van der Waals surface area contributed by atoms with Gasteiger partial charge in [0.05, 0.1) is 18.8 Å². The molecule has 0 aromatic carbocycles. The van der Waals surface area contributed by atoms with Crippen molar-refractivity contribution in [2.75, 3.05) is 20.3 Å². The van der Waals surface area contributed by atoms with E-state index in [0.29, 0.717) is 13.2 Å². The van der Waals surface area contributed by atoms with Crippen molar-refractivity contribution in [2.24, 2.45) is 5.73 Å². The monoisotopic (exact) mass is 201 g/mol. The van der Waals surface area contributed by atoms with Crippen molar-refractivity contribution in [1.82, 2.24) is 0 Å². The van der Waals surface area contributed by atoms with Crippen LogP contribution in [0.1, 0.15) is 25.7 Å². The molecule has 14 heavy (non-hydrogen) atoms. The lowest BCUT2D eigenvalue weighted by atomic mass is 9.91. The highest BCUT2D eigenvalue weighted by Gasteiger charge is 2.44. The Morgan fingerprint density at radius 3 is 3.07 bits per heavy atom. The van der Waals surface area contributed by atoms with Crippen LogP contribution in [0.15, 0.2) is 0 Å². The molecule has 1 heterocycles. The zero-order valence-electron chi connectivity index (χ0n) is 8.70. The summed E-state index contributed by atoms with van der Waals surface area (Å²) in [6.45, 7) is 1.17. The van der Waals surface area contributed by atoms with E-state index in [0.717, 1.165) is 25.7 Å². The lowest BCUT2D eigenvalue weighted by Gasteiger charge is -2.35. The van der Waals surface area contributed by atoms with Crippen LogP contribution in [0, 0.1) is 0 Å². The van der Waals surface area contributed by atoms with Crippen LogP contribution in [0.4, 0.5) is 0 Å². The summed E-state index contributed by atoms with van der Waals surface area (Å²) in [4.78, 5) is 0. The maximum atomic E-state index is 5.84. The van der Waals surface area contributed by atoms with E-state index in [9.17, 15) is 0 Å². The van der Waals surface area contributed by atoms with Crippen molar-refractivity contribution in [1.29, 1.82) is 0 Å². The van der Waals surface area contributed by atoms with Crippen LogP contribution in [0.25, 0.3) is 0 Å². The van der Waals surface area contributed by atoms with E-state index in [4.69, 9.17) is 19.9 Å². The lowest BCUT2D eigenvalue weighted by Crippen LogP contribution is -2.40. The summed E-state index contributed by atoms with van der Waals surface area (Å²) < 4.78 is 16.9. The normalized spacial score (nSPS) is 43.3. The highest BCUT2D eigenvalue weighted by Crippen LogP contribution is 2.38. The predicted octanol–water partition coefficient (Wildman–Crippen LogP) is 0.646. The number of hydrogen-bond donors (Lipinski definition) is 1. The van der Waals surface area contributed by atoms with Crippen molar-refractivity contribution in [2.45, 2.75) is 43.7 Å². The van der Waals surface area contributed by atoms with Crippen LogP contribution in [0.5, 0.6) is 0 Å². The third-order valence-corrected chi connectivity index (χ3v) is 3.13. The molecule has 1 aliphatic heterocycles. The largest absolute Gasteiger partial charge is 0.381 e. The standard InChI is InChI=1S/C10H19NO3/c1-12-8-3-2-4-10(5-8)13-7-9(6-11)14-10/h8-9H,2-7,11H2,1H3. The molecule has 1 saturated carbocycles. The van der Waals surface area contributed by atoms with Gasteiger partial charge in [-0.3, -0.25) is 0 Å². The van der Waals surface area contributed by atoms with Gasteiger partial charge in [0.15, 0.2) is 5.79 Å². The molecule has 3 unspecified atom stereocenters. The second-order valence-electron chi connectivity index (χ2n) is 4.15. The number of rotatable bonds is 2. The second-order valence-corrected chi connectivity index (χ2v) is 4.15. The van der Waals surface area contributed by atoms with Gasteiger partial charge in [0.2, 0.25) is 0 Å². The summed E-state index contributed by atoms with van der Waals surface area (Å²) >= 11 is 0. The molecule has 0 aromatic heterocycles. The smallest absolute Gasteiger partial charge is 0.171 e. The highest BCUT2D eigenvalue weighted by molar-refractivity contribution is 4.86. The van der Waals surface area contributed by atoms with Crippen LogP contribution in [0.2, 0.25) is 0 Å². The Kier molecular flexibility index (Phi) is 3.07. The third kappa shape index (κ3) is 1.93. The van der Waals surface area contributed by atoms with Gasteiger partial charge in [0.1, 0.15) is 0 Å². The molecule has 0 radical (unpaired) electrons. The zero-order valence-corrected chi connectivity index (χ0v) is 8.70. The quantitative estimate of drug-likeness (QED) is 0.712. The fourth-order valence-electron chi connectivity index (χ4n) is 2.32. The molecule has 0 amide bonds. The van der Waals surface area contributed by atoms with Gasteiger partial charge in [-0.1, -0.05) is 0 Å². The Labute approximate surface area is 84.7 Å². The van der Waals surface area contributed by atoms with Crippen LogP contribution in [-0.4, -0.2) is 38.3 Å². The van der Waals surface area contributed by atoms with Gasteiger partial charge in [-0.25, -0.2) is 0 Å². The van der Waals surface area contributed by atoms with Crippen LogP contribution >= 0.6 is 0 Å². The van der Waals surface area contributed by atoms with Gasteiger partial charge in [-0.05, 0) is 12.8 Å². The van der Waals surface area contributed by atoms with E-state index in [1.807, 2.05) is 0 Å². The Morgan fingerprint density at radius 2 is 2.43 bits per heavy atom. The van der Waals surface area contributed by atoms with Gasteiger partial charge >= 0.3 is 0 Å². The molecule has 1 aliphatic carbocycles. The fraction of sp³-hybridized carbons (Fsp3) is 1.00. The number of hydrogen-bond acceptors (Lipinski definition) is 4. The van der Waals surface area contributed by atoms with Gasteiger partial charge < -0.3 is 19.9 Å². The van der Waals surface area contributed by atoms with E-state index in [1.54, 1.807) is 7.11 Å². The van der Waals surface area contributed by atoms with E-state index in [1.165, 1.54) is 0 Å². The third-order valence-electron chi connectivity index (χ3n) is 3.13. The van der Waals surface area contributed by atoms with Gasteiger partial charge in [-0.15, -0.1) is 0 Å². The zero-order chi connectivity index (χ0) is 10.0. The highest BCUT2D eigenvalue weighted by atomic mass is 16.7. The molecule has 2 fully saturated rings. The van der Waals surface area contributed by atoms with Crippen molar-refractivity contribution in [3.63, 3.8) is 0 Å². The molecular formula is C10H19NO3. The Hall–Kier alpha value is -0.160. The molecule has 1 spiro atoms. The van der Waals surface area contributed by atoms with Crippen LogP contribution < -0.4 is 5.73 Å². The van der Waals surface area contributed by atoms with Gasteiger partial charge in [0, 0.05) is 26.5 Å². The first kappa shape index (κ1) is 10.4. The predicted molar refractivity (Wildman–Crippen MR) is 51.9 cm³/mol. The first-order chi connectivity index (χ1) is 6.78. The van der Waals surface area contributed by atoms with Gasteiger partial charge in [0.25, 0.3) is 0 Å². The van der Waals surface area contributed by atoms with Crippen molar-refractivity contribution < 1.29 is 14.2 Å². The molecular weight excluding hydrogens is 182 g/mol. The molecule has 0 bridgehead atoms. The molecule has 4 heteroatoms. The molecule has 82 valence electrons. The lowest BCUT2D eigenvalue weighted by molar-refractivity contribution is -0.206. The Morgan fingerprint density at radius 1 is 1.57 bits per heavy atom. The number of methoxy groups -OCH3 is 1. The minimum absolute atomic E-state index is 0.0746. The molecule has 1 saturated heterocycles. The summed E-state index contributed by atoms with van der Waals surface area (Å²) in [6.07, 6.45) is 4.39. The second kappa shape index (κ2) is 4.14. The van der Waals surface area contributed by atoms with E-state index in [-0.39, 0.29) is 18.0 Å². The molecule has 2 rings (SSSR count). The Bertz CT molecular complexity index is 200. The van der Waals surface area contributed by atoms with Crippen LogP contribution in [0.3, 0.4) is 0 Å². The van der Waals surface area contributed by atoms with Crippen molar-refractivity contribution >= 4 is 0 Å². The summed E-state index contributed by atoms with van der Waals surface area (Å²) in [7, 11) is 1.75.